The number of amides is 1. The number of ether oxygens (including phenoxy) is 2. The van der Waals surface area contributed by atoms with E-state index in [0.717, 1.165) is 6.42 Å². The molecule has 0 bridgehead atoms. The molecule has 0 aliphatic heterocycles. The summed E-state index contributed by atoms with van der Waals surface area (Å²) in [4.78, 5) is 11.8. The number of carbonyl (C=O) groups is 1. The summed E-state index contributed by atoms with van der Waals surface area (Å²) >= 11 is 0. The van der Waals surface area contributed by atoms with E-state index in [1.54, 1.807) is 19.2 Å². The van der Waals surface area contributed by atoms with Crippen molar-refractivity contribution in [3.8, 4) is 5.75 Å². The molecule has 0 aliphatic carbocycles. The highest BCUT2D eigenvalue weighted by Gasteiger charge is 2.12. The van der Waals surface area contributed by atoms with Crippen molar-refractivity contribution < 1.29 is 14.3 Å². The van der Waals surface area contributed by atoms with Crippen LogP contribution in [0.15, 0.2) is 24.3 Å². The van der Waals surface area contributed by atoms with Crippen LogP contribution in [0.4, 0.5) is 5.69 Å². The minimum Gasteiger partial charge on any atom is -0.491 e. The number of rotatable bonds is 8. The van der Waals surface area contributed by atoms with Crippen LogP contribution < -0.4 is 15.8 Å². The molecule has 1 aromatic rings. The fourth-order valence-corrected chi connectivity index (χ4v) is 1.58. The molecule has 19 heavy (non-hydrogen) atoms. The average molecular weight is 266 g/mol. The van der Waals surface area contributed by atoms with Gasteiger partial charge in [-0.25, -0.2) is 0 Å². The van der Waals surface area contributed by atoms with Gasteiger partial charge in [0.15, 0.2) is 0 Å². The Labute approximate surface area is 114 Å². The van der Waals surface area contributed by atoms with Gasteiger partial charge >= 0.3 is 0 Å². The zero-order chi connectivity index (χ0) is 14.1. The largest absolute Gasteiger partial charge is 0.491 e. The first-order valence-corrected chi connectivity index (χ1v) is 6.45. The van der Waals surface area contributed by atoms with Crippen molar-refractivity contribution in [2.75, 3.05) is 25.6 Å². The van der Waals surface area contributed by atoms with Crippen LogP contribution in [0.5, 0.6) is 5.75 Å². The number of hydrogen-bond acceptors (Lipinski definition) is 4. The summed E-state index contributed by atoms with van der Waals surface area (Å²) in [6.07, 6.45) is 1.56. The van der Waals surface area contributed by atoms with E-state index in [4.69, 9.17) is 15.2 Å². The van der Waals surface area contributed by atoms with Gasteiger partial charge in [-0.3, -0.25) is 4.79 Å². The van der Waals surface area contributed by atoms with E-state index >= 15 is 0 Å². The third-order valence-corrected chi connectivity index (χ3v) is 2.59. The zero-order valence-electron chi connectivity index (χ0n) is 11.5. The first kappa shape index (κ1) is 15.5. The van der Waals surface area contributed by atoms with Gasteiger partial charge in [0.2, 0.25) is 5.91 Å². The van der Waals surface area contributed by atoms with Crippen LogP contribution >= 0.6 is 0 Å². The fourth-order valence-electron chi connectivity index (χ4n) is 1.58. The zero-order valence-corrected chi connectivity index (χ0v) is 11.5. The Morgan fingerprint density at radius 3 is 2.89 bits per heavy atom. The standard InChI is InChI=1S/C14H22N2O3/c1-3-5-13(15)14(17)16-11-6-4-7-12(10-11)19-9-8-18-2/h4,6-7,10,13H,3,5,8-9,15H2,1-2H3,(H,16,17)/t13-/m0/s1. The highest BCUT2D eigenvalue weighted by molar-refractivity contribution is 5.94. The molecular weight excluding hydrogens is 244 g/mol. The first-order chi connectivity index (χ1) is 9.17. The average Bonchev–Trinajstić information content (AvgIpc) is 2.40. The molecule has 5 nitrogen and oxygen atoms in total. The van der Waals surface area contributed by atoms with E-state index in [2.05, 4.69) is 5.32 Å². The van der Waals surface area contributed by atoms with Crippen molar-refractivity contribution in [1.29, 1.82) is 0 Å². The van der Waals surface area contributed by atoms with Gasteiger partial charge in [-0.15, -0.1) is 0 Å². The van der Waals surface area contributed by atoms with Crippen LogP contribution in [0.1, 0.15) is 19.8 Å². The summed E-state index contributed by atoms with van der Waals surface area (Å²) in [7, 11) is 1.62. The van der Waals surface area contributed by atoms with Crippen LogP contribution in [-0.4, -0.2) is 32.3 Å². The maximum absolute atomic E-state index is 11.8. The lowest BCUT2D eigenvalue weighted by atomic mass is 10.1. The van der Waals surface area contributed by atoms with Crippen LogP contribution in [0.3, 0.4) is 0 Å². The Hall–Kier alpha value is -1.59. The summed E-state index contributed by atoms with van der Waals surface area (Å²) in [5, 5.41) is 2.78. The maximum Gasteiger partial charge on any atom is 0.241 e. The van der Waals surface area contributed by atoms with Gasteiger partial charge in [0, 0.05) is 18.9 Å². The molecule has 0 fully saturated rings. The molecular formula is C14H22N2O3. The third kappa shape index (κ3) is 5.72. The lowest BCUT2D eigenvalue weighted by molar-refractivity contribution is -0.117. The molecule has 1 amide bonds. The molecule has 0 saturated carbocycles. The third-order valence-electron chi connectivity index (χ3n) is 2.59. The van der Waals surface area contributed by atoms with Gasteiger partial charge in [-0.1, -0.05) is 19.4 Å². The predicted octanol–water partition coefficient (Wildman–Crippen LogP) is 1.78. The molecule has 5 heteroatoms. The van der Waals surface area contributed by atoms with Crippen LogP contribution in [-0.2, 0) is 9.53 Å². The maximum atomic E-state index is 11.8. The van der Waals surface area contributed by atoms with Crippen molar-refractivity contribution in [3.63, 3.8) is 0 Å². The molecule has 106 valence electrons. The van der Waals surface area contributed by atoms with Gasteiger partial charge in [0.05, 0.1) is 12.6 Å². The molecule has 0 saturated heterocycles. The Kier molecular flexibility index (Phi) is 6.92. The molecule has 1 rings (SSSR count). The van der Waals surface area contributed by atoms with Gasteiger partial charge in [0.1, 0.15) is 12.4 Å². The SMILES string of the molecule is CCC[C@H](N)C(=O)Nc1cccc(OCCOC)c1. The lowest BCUT2D eigenvalue weighted by Gasteiger charge is -2.12. The van der Waals surface area contributed by atoms with E-state index in [-0.39, 0.29) is 5.91 Å². The predicted molar refractivity (Wildman–Crippen MR) is 75.3 cm³/mol. The summed E-state index contributed by atoms with van der Waals surface area (Å²) in [5.41, 5.74) is 6.44. The Morgan fingerprint density at radius 1 is 1.42 bits per heavy atom. The second kappa shape index (κ2) is 8.50. The number of hydrogen-bond donors (Lipinski definition) is 2. The smallest absolute Gasteiger partial charge is 0.241 e. The van der Waals surface area contributed by atoms with Crippen molar-refractivity contribution in [2.45, 2.75) is 25.8 Å². The number of anilines is 1. The molecule has 0 spiro atoms. The molecule has 0 radical (unpaired) electrons. The number of nitrogens with two attached hydrogens (primary N) is 1. The lowest BCUT2D eigenvalue weighted by Crippen LogP contribution is -2.35. The minimum absolute atomic E-state index is 0.170. The van der Waals surface area contributed by atoms with Crippen molar-refractivity contribution in [3.05, 3.63) is 24.3 Å². The molecule has 0 aliphatic rings. The summed E-state index contributed by atoms with van der Waals surface area (Å²) in [6, 6.07) is 6.76. The fraction of sp³-hybridized carbons (Fsp3) is 0.500. The molecule has 0 unspecified atom stereocenters. The van der Waals surface area contributed by atoms with Crippen molar-refractivity contribution in [1.82, 2.24) is 0 Å². The van der Waals surface area contributed by atoms with Crippen LogP contribution in [0.2, 0.25) is 0 Å². The first-order valence-electron chi connectivity index (χ1n) is 6.45. The molecule has 3 N–H and O–H groups in total. The molecule has 1 atom stereocenters. The number of benzene rings is 1. The highest BCUT2D eigenvalue weighted by atomic mass is 16.5. The van der Waals surface area contributed by atoms with Crippen LogP contribution in [0, 0.1) is 0 Å². The quantitative estimate of drug-likeness (QED) is 0.703. The Balaban J connectivity index is 2.54. The normalized spacial score (nSPS) is 11.9. The number of methoxy groups -OCH3 is 1. The van der Waals surface area contributed by atoms with Crippen molar-refractivity contribution >= 4 is 11.6 Å². The second-order valence-electron chi connectivity index (χ2n) is 4.25. The second-order valence-corrected chi connectivity index (χ2v) is 4.25. The molecule has 1 aromatic carbocycles. The summed E-state index contributed by atoms with van der Waals surface area (Å²) in [5.74, 6) is 0.523. The summed E-state index contributed by atoms with van der Waals surface area (Å²) in [6.45, 7) is 3.00. The van der Waals surface area contributed by atoms with E-state index < -0.39 is 6.04 Å². The van der Waals surface area contributed by atoms with Gasteiger partial charge in [-0.2, -0.15) is 0 Å². The number of carbonyl (C=O) groups excluding carboxylic acids is 1. The summed E-state index contributed by atoms with van der Waals surface area (Å²) < 4.78 is 10.4. The van der Waals surface area contributed by atoms with E-state index in [9.17, 15) is 4.79 Å². The minimum atomic E-state index is -0.469. The van der Waals surface area contributed by atoms with Crippen LogP contribution in [0.25, 0.3) is 0 Å². The van der Waals surface area contributed by atoms with Gasteiger partial charge in [-0.05, 0) is 18.6 Å². The molecule has 0 heterocycles. The van der Waals surface area contributed by atoms with E-state index in [1.165, 1.54) is 0 Å². The highest BCUT2D eigenvalue weighted by Crippen LogP contribution is 2.17. The monoisotopic (exact) mass is 266 g/mol. The molecule has 0 aromatic heterocycles. The van der Waals surface area contributed by atoms with Gasteiger partial charge < -0.3 is 20.5 Å². The Bertz CT molecular complexity index is 396. The van der Waals surface area contributed by atoms with E-state index in [1.807, 2.05) is 19.1 Å². The van der Waals surface area contributed by atoms with Crippen molar-refractivity contribution in [2.24, 2.45) is 5.73 Å². The Morgan fingerprint density at radius 2 is 2.21 bits per heavy atom. The number of nitrogens with one attached hydrogen (secondary N) is 1. The van der Waals surface area contributed by atoms with Gasteiger partial charge in [0.25, 0.3) is 0 Å². The topological polar surface area (TPSA) is 73.6 Å². The van der Waals surface area contributed by atoms with E-state index in [0.29, 0.717) is 31.1 Å².